The molecule has 1 aliphatic heterocycles. The lowest BCUT2D eigenvalue weighted by Crippen LogP contribution is -2.28. The SMILES string of the molecule is CN(C)c1ccc(C2CCCNC2)cn1. The Balaban J connectivity index is 2.08. The van der Waals surface area contributed by atoms with E-state index in [1.807, 2.05) is 25.2 Å². The third-order valence-electron chi connectivity index (χ3n) is 3.00. The van der Waals surface area contributed by atoms with Gasteiger partial charge >= 0.3 is 0 Å². The number of anilines is 1. The zero-order valence-electron chi connectivity index (χ0n) is 9.53. The van der Waals surface area contributed by atoms with Crippen LogP contribution in [0.25, 0.3) is 0 Å². The van der Waals surface area contributed by atoms with Crippen LogP contribution in [-0.2, 0) is 0 Å². The first kappa shape index (κ1) is 10.4. The molecule has 0 aromatic carbocycles. The van der Waals surface area contributed by atoms with Crippen molar-refractivity contribution in [3.63, 3.8) is 0 Å². The van der Waals surface area contributed by atoms with E-state index in [4.69, 9.17) is 0 Å². The molecule has 0 aliphatic carbocycles. The molecule has 82 valence electrons. The highest BCUT2D eigenvalue weighted by Crippen LogP contribution is 2.23. The number of nitrogens with zero attached hydrogens (tertiary/aromatic N) is 2. The minimum absolute atomic E-state index is 0.655. The monoisotopic (exact) mass is 205 g/mol. The fraction of sp³-hybridized carbons (Fsp3) is 0.583. The van der Waals surface area contributed by atoms with Crippen molar-refractivity contribution < 1.29 is 0 Å². The van der Waals surface area contributed by atoms with Crippen LogP contribution in [0.2, 0.25) is 0 Å². The second-order valence-corrected chi connectivity index (χ2v) is 4.39. The summed E-state index contributed by atoms with van der Waals surface area (Å²) in [7, 11) is 4.04. The lowest BCUT2D eigenvalue weighted by atomic mass is 9.93. The molecule has 1 N–H and O–H groups in total. The van der Waals surface area contributed by atoms with Crippen molar-refractivity contribution in [3.05, 3.63) is 23.9 Å². The van der Waals surface area contributed by atoms with Crippen molar-refractivity contribution >= 4 is 5.82 Å². The van der Waals surface area contributed by atoms with Crippen LogP contribution in [0.5, 0.6) is 0 Å². The molecule has 0 saturated carbocycles. The van der Waals surface area contributed by atoms with Gasteiger partial charge in [0.15, 0.2) is 0 Å². The molecule has 1 aromatic rings. The second-order valence-electron chi connectivity index (χ2n) is 4.39. The lowest BCUT2D eigenvalue weighted by molar-refractivity contribution is 0.461. The third kappa shape index (κ3) is 2.48. The molecule has 0 radical (unpaired) electrons. The molecule has 15 heavy (non-hydrogen) atoms. The summed E-state index contributed by atoms with van der Waals surface area (Å²) in [5.41, 5.74) is 1.37. The molecule has 1 fully saturated rings. The van der Waals surface area contributed by atoms with Gasteiger partial charge in [0.25, 0.3) is 0 Å². The predicted molar refractivity (Wildman–Crippen MR) is 63.4 cm³/mol. The van der Waals surface area contributed by atoms with Crippen molar-refractivity contribution in [2.45, 2.75) is 18.8 Å². The minimum atomic E-state index is 0.655. The van der Waals surface area contributed by atoms with Gasteiger partial charge in [0.1, 0.15) is 5.82 Å². The van der Waals surface area contributed by atoms with Gasteiger partial charge in [-0.2, -0.15) is 0 Å². The Morgan fingerprint density at radius 3 is 2.80 bits per heavy atom. The number of piperidine rings is 1. The van der Waals surface area contributed by atoms with Gasteiger partial charge in [-0.25, -0.2) is 4.98 Å². The van der Waals surface area contributed by atoms with Crippen LogP contribution in [0.3, 0.4) is 0 Å². The largest absolute Gasteiger partial charge is 0.363 e. The molecule has 0 bridgehead atoms. The Kier molecular flexibility index (Phi) is 3.21. The summed E-state index contributed by atoms with van der Waals surface area (Å²) < 4.78 is 0. The van der Waals surface area contributed by atoms with Gasteiger partial charge in [-0.3, -0.25) is 0 Å². The number of aromatic nitrogens is 1. The Labute approximate surface area is 91.5 Å². The summed E-state index contributed by atoms with van der Waals surface area (Å²) in [6, 6.07) is 4.31. The van der Waals surface area contributed by atoms with E-state index in [2.05, 4.69) is 22.4 Å². The molecule has 1 atom stereocenters. The summed E-state index contributed by atoms with van der Waals surface area (Å²) in [6.07, 6.45) is 4.59. The van der Waals surface area contributed by atoms with Gasteiger partial charge in [-0.15, -0.1) is 0 Å². The van der Waals surface area contributed by atoms with Crippen LogP contribution in [0, 0.1) is 0 Å². The predicted octanol–water partition coefficient (Wildman–Crippen LogP) is 1.61. The van der Waals surface area contributed by atoms with Gasteiger partial charge in [-0.1, -0.05) is 6.07 Å². The minimum Gasteiger partial charge on any atom is -0.363 e. The van der Waals surface area contributed by atoms with Crippen molar-refractivity contribution in [1.82, 2.24) is 10.3 Å². The second kappa shape index (κ2) is 4.62. The van der Waals surface area contributed by atoms with Crippen molar-refractivity contribution in [2.24, 2.45) is 0 Å². The maximum Gasteiger partial charge on any atom is 0.127 e. The van der Waals surface area contributed by atoms with E-state index in [9.17, 15) is 0 Å². The van der Waals surface area contributed by atoms with Crippen molar-refractivity contribution in [3.8, 4) is 0 Å². The first-order chi connectivity index (χ1) is 7.27. The smallest absolute Gasteiger partial charge is 0.127 e. The van der Waals surface area contributed by atoms with E-state index in [0.717, 1.165) is 12.4 Å². The van der Waals surface area contributed by atoms with Crippen LogP contribution in [0.15, 0.2) is 18.3 Å². The molecule has 1 aromatic heterocycles. The third-order valence-corrected chi connectivity index (χ3v) is 3.00. The Morgan fingerprint density at radius 1 is 1.40 bits per heavy atom. The molecule has 1 saturated heterocycles. The van der Waals surface area contributed by atoms with E-state index >= 15 is 0 Å². The molecule has 1 unspecified atom stereocenters. The summed E-state index contributed by atoms with van der Waals surface area (Å²) in [5, 5.41) is 3.43. The maximum atomic E-state index is 4.45. The first-order valence-electron chi connectivity index (χ1n) is 5.61. The molecule has 3 heteroatoms. The number of hydrogen-bond donors (Lipinski definition) is 1. The van der Waals surface area contributed by atoms with Crippen molar-refractivity contribution in [1.29, 1.82) is 0 Å². The maximum absolute atomic E-state index is 4.45. The summed E-state index contributed by atoms with van der Waals surface area (Å²) in [6.45, 7) is 2.27. The summed E-state index contributed by atoms with van der Waals surface area (Å²) in [4.78, 5) is 6.48. The van der Waals surface area contributed by atoms with Gasteiger partial charge in [0.05, 0.1) is 0 Å². The average Bonchev–Trinajstić information content (AvgIpc) is 2.30. The molecular weight excluding hydrogens is 186 g/mol. The number of hydrogen-bond acceptors (Lipinski definition) is 3. The van der Waals surface area contributed by atoms with Crippen molar-refractivity contribution in [2.75, 3.05) is 32.1 Å². The Bertz CT molecular complexity index is 299. The molecule has 0 spiro atoms. The van der Waals surface area contributed by atoms with E-state index in [1.54, 1.807) is 0 Å². The van der Waals surface area contributed by atoms with Crippen LogP contribution in [-0.4, -0.2) is 32.2 Å². The number of rotatable bonds is 2. The quantitative estimate of drug-likeness (QED) is 0.795. The van der Waals surface area contributed by atoms with E-state index < -0.39 is 0 Å². The lowest BCUT2D eigenvalue weighted by Gasteiger charge is -2.23. The standard InChI is InChI=1S/C12H19N3/c1-15(2)12-6-5-11(9-14-12)10-4-3-7-13-8-10/h5-6,9-10,13H,3-4,7-8H2,1-2H3. The van der Waals surface area contributed by atoms with Crippen LogP contribution in [0.1, 0.15) is 24.3 Å². The molecule has 1 aliphatic rings. The van der Waals surface area contributed by atoms with Crippen LogP contribution >= 0.6 is 0 Å². The Morgan fingerprint density at radius 2 is 2.27 bits per heavy atom. The van der Waals surface area contributed by atoms with E-state index in [-0.39, 0.29) is 0 Å². The molecule has 3 nitrogen and oxygen atoms in total. The van der Waals surface area contributed by atoms with Crippen LogP contribution in [0.4, 0.5) is 5.82 Å². The summed E-state index contributed by atoms with van der Waals surface area (Å²) in [5.74, 6) is 1.69. The van der Waals surface area contributed by atoms with Gasteiger partial charge in [-0.05, 0) is 36.9 Å². The molecule has 2 heterocycles. The molecule has 2 rings (SSSR count). The van der Waals surface area contributed by atoms with E-state index in [1.165, 1.54) is 24.9 Å². The number of pyridine rings is 1. The first-order valence-corrected chi connectivity index (χ1v) is 5.61. The zero-order chi connectivity index (χ0) is 10.7. The Hall–Kier alpha value is -1.09. The number of nitrogens with one attached hydrogen (secondary N) is 1. The molecular formula is C12H19N3. The summed E-state index contributed by atoms with van der Waals surface area (Å²) >= 11 is 0. The van der Waals surface area contributed by atoms with E-state index in [0.29, 0.717) is 5.92 Å². The fourth-order valence-electron chi connectivity index (χ4n) is 2.04. The highest BCUT2D eigenvalue weighted by molar-refractivity contribution is 5.38. The molecule has 0 amide bonds. The van der Waals surface area contributed by atoms with Crippen LogP contribution < -0.4 is 10.2 Å². The normalized spacial score (nSPS) is 21.3. The highest BCUT2D eigenvalue weighted by atomic mass is 15.1. The van der Waals surface area contributed by atoms with Gasteiger partial charge in [0.2, 0.25) is 0 Å². The highest BCUT2D eigenvalue weighted by Gasteiger charge is 2.15. The van der Waals surface area contributed by atoms with Gasteiger partial charge in [0, 0.05) is 26.8 Å². The average molecular weight is 205 g/mol. The topological polar surface area (TPSA) is 28.2 Å². The van der Waals surface area contributed by atoms with Gasteiger partial charge < -0.3 is 10.2 Å². The fourth-order valence-corrected chi connectivity index (χ4v) is 2.04. The zero-order valence-corrected chi connectivity index (χ0v) is 9.53.